The Morgan fingerprint density at radius 3 is 2.59 bits per heavy atom. The van der Waals surface area contributed by atoms with Crippen molar-refractivity contribution in [2.45, 2.75) is 0 Å². The molecule has 2 aromatic rings. The minimum Gasteiger partial charge on any atom is -0.323 e. The number of amides is 1. The third-order valence-electron chi connectivity index (χ3n) is 2.79. The van der Waals surface area contributed by atoms with E-state index in [1.807, 2.05) is 6.07 Å². The summed E-state index contributed by atoms with van der Waals surface area (Å²) in [5.41, 5.74) is 1.59. The molecule has 0 heterocycles. The number of nitro benzene ring substituents is 1. The van der Waals surface area contributed by atoms with Crippen LogP contribution in [0.25, 0.3) is 6.08 Å². The van der Waals surface area contributed by atoms with E-state index in [-0.39, 0.29) is 11.6 Å². The van der Waals surface area contributed by atoms with Crippen LogP contribution in [0, 0.1) is 21.4 Å². The van der Waals surface area contributed by atoms with E-state index in [4.69, 9.17) is 5.26 Å². The molecule has 0 saturated carbocycles. The fourth-order valence-electron chi connectivity index (χ4n) is 1.73. The fraction of sp³-hybridized carbons (Fsp3) is 0. The third-order valence-corrected chi connectivity index (χ3v) is 2.79. The minimum atomic E-state index is -0.492. The van der Waals surface area contributed by atoms with Crippen LogP contribution in [0.15, 0.2) is 54.6 Å². The van der Waals surface area contributed by atoms with Crippen molar-refractivity contribution in [2.24, 2.45) is 0 Å². The molecule has 2 rings (SSSR count). The van der Waals surface area contributed by atoms with Crippen molar-refractivity contribution in [1.82, 2.24) is 0 Å². The van der Waals surface area contributed by atoms with Gasteiger partial charge in [-0.25, -0.2) is 0 Å². The van der Waals surface area contributed by atoms with Gasteiger partial charge in [0.05, 0.1) is 16.6 Å². The van der Waals surface area contributed by atoms with Crippen LogP contribution in [0.1, 0.15) is 11.1 Å². The molecule has 22 heavy (non-hydrogen) atoms. The van der Waals surface area contributed by atoms with Gasteiger partial charge in [0.2, 0.25) is 5.91 Å². The van der Waals surface area contributed by atoms with E-state index in [0.29, 0.717) is 16.8 Å². The Morgan fingerprint density at radius 2 is 1.95 bits per heavy atom. The number of carbonyl (C=O) groups is 1. The van der Waals surface area contributed by atoms with Crippen molar-refractivity contribution in [3.8, 4) is 6.07 Å². The standard InChI is InChI=1S/C16H11N3O3/c17-11-13-4-7-14(8-5-13)18-16(20)9-6-12-2-1-3-15(10-12)19(21)22/h1-10H,(H,18,20). The smallest absolute Gasteiger partial charge is 0.270 e. The molecule has 0 aliphatic heterocycles. The van der Waals surface area contributed by atoms with Crippen LogP contribution in [0.5, 0.6) is 0 Å². The summed E-state index contributed by atoms with van der Waals surface area (Å²) in [6.07, 6.45) is 2.78. The van der Waals surface area contributed by atoms with Gasteiger partial charge in [0, 0.05) is 23.9 Å². The lowest BCUT2D eigenvalue weighted by Crippen LogP contribution is -2.07. The Bertz CT molecular complexity index is 774. The highest BCUT2D eigenvalue weighted by Gasteiger charge is 2.04. The van der Waals surface area contributed by atoms with Gasteiger partial charge in [-0.2, -0.15) is 5.26 Å². The Labute approximate surface area is 126 Å². The summed E-state index contributed by atoms with van der Waals surface area (Å²) in [4.78, 5) is 21.9. The van der Waals surface area contributed by atoms with Crippen molar-refractivity contribution in [1.29, 1.82) is 5.26 Å². The van der Waals surface area contributed by atoms with Gasteiger partial charge in [-0.05, 0) is 35.9 Å². The number of nitrogens with one attached hydrogen (secondary N) is 1. The number of rotatable bonds is 4. The predicted octanol–water partition coefficient (Wildman–Crippen LogP) is 3.12. The summed E-state index contributed by atoms with van der Waals surface area (Å²) in [6, 6.07) is 14.4. The lowest BCUT2D eigenvalue weighted by molar-refractivity contribution is -0.384. The Hall–Kier alpha value is -3.46. The maximum absolute atomic E-state index is 11.8. The minimum absolute atomic E-state index is 0.0327. The van der Waals surface area contributed by atoms with Crippen LogP contribution in [-0.4, -0.2) is 10.8 Å². The topological polar surface area (TPSA) is 96.0 Å². The van der Waals surface area contributed by atoms with Gasteiger partial charge in [-0.1, -0.05) is 12.1 Å². The molecule has 108 valence electrons. The maximum atomic E-state index is 11.8. The van der Waals surface area contributed by atoms with E-state index in [0.717, 1.165) is 0 Å². The molecule has 0 atom stereocenters. The average Bonchev–Trinajstić information content (AvgIpc) is 2.54. The van der Waals surface area contributed by atoms with E-state index >= 15 is 0 Å². The molecule has 0 bridgehead atoms. The molecule has 0 fully saturated rings. The Morgan fingerprint density at radius 1 is 1.23 bits per heavy atom. The normalized spacial score (nSPS) is 10.1. The molecule has 0 aliphatic carbocycles. The first kappa shape index (κ1) is 14.9. The van der Waals surface area contributed by atoms with Crippen molar-refractivity contribution in [3.05, 3.63) is 75.8 Å². The third kappa shape index (κ3) is 4.02. The second-order valence-corrected chi connectivity index (χ2v) is 4.36. The monoisotopic (exact) mass is 293 g/mol. The van der Waals surface area contributed by atoms with Crippen molar-refractivity contribution in [2.75, 3.05) is 5.32 Å². The lowest BCUT2D eigenvalue weighted by atomic mass is 10.2. The number of non-ortho nitro benzene ring substituents is 1. The zero-order valence-electron chi connectivity index (χ0n) is 11.4. The number of nitrogens with zero attached hydrogens (tertiary/aromatic N) is 2. The first-order valence-corrected chi connectivity index (χ1v) is 6.32. The average molecular weight is 293 g/mol. The van der Waals surface area contributed by atoms with Gasteiger partial charge in [0.25, 0.3) is 5.69 Å². The highest BCUT2D eigenvalue weighted by Crippen LogP contribution is 2.14. The van der Waals surface area contributed by atoms with Gasteiger partial charge in [0.1, 0.15) is 0 Å². The first-order valence-electron chi connectivity index (χ1n) is 6.32. The molecule has 1 N–H and O–H groups in total. The fourth-order valence-corrected chi connectivity index (χ4v) is 1.73. The molecular weight excluding hydrogens is 282 g/mol. The van der Waals surface area contributed by atoms with Crippen LogP contribution in [0.3, 0.4) is 0 Å². The largest absolute Gasteiger partial charge is 0.323 e. The van der Waals surface area contributed by atoms with Crippen LogP contribution >= 0.6 is 0 Å². The maximum Gasteiger partial charge on any atom is 0.270 e. The zero-order valence-corrected chi connectivity index (χ0v) is 11.4. The van der Waals surface area contributed by atoms with Crippen molar-refractivity contribution >= 4 is 23.4 Å². The molecule has 0 saturated heterocycles. The molecular formula is C16H11N3O3. The summed E-state index contributed by atoms with van der Waals surface area (Å²) in [5.74, 6) is -0.365. The van der Waals surface area contributed by atoms with Gasteiger partial charge in [-0.15, -0.1) is 0 Å². The van der Waals surface area contributed by atoms with E-state index < -0.39 is 4.92 Å². The summed E-state index contributed by atoms with van der Waals surface area (Å²) in [6.45, 7) is 0. The van der Waals surface area contributed by atoms with Crippen LogP contribution < -0.4 is 5.32 Å². The van der Waals surface area contributed by atoms with E-state index in [1.165, 1.54) is 24.3 Å². The molecule has 0 unspecified atom stereocenters. The molecule has 0 aromatic heterocycles. The molecule has 6 heteroatoms. The van der Waals surface area contributed by atoms with Crippen molar-refractivity contribution in [3.63, 3.8) is 0 Å². The van der Waals surface area contributed by atoms with Gasteiger partial charge >= 0.3 is 0 Å². The number of hydrogen-bond donors (Lipinski definition) is 1. The quantitative estimate of drug-likeness (QED) is 0.532. The molecule has 0 aliphatic rings. The molecule has 0 spiro atoms. The Kier molecular flexibility index (Phi) is 4.63. The van der Waals surface area contributed by atoms with E-state index in [9.17, 15) is 14.9 Å². The molecule has 1 amide bonds. The molecule has 6 nitrogen and oxygen atoms in total. The second kappa shape index (κ2) is 6.81. The van der Waals surface area contributed by atoms with Gasteiger partial charge in [-0.3, -0.25) is 14.9 Å². The second-order valence-electron chi connectivity index (χ2n) is 4.36. The SMILES string of the molecule is N#Cc1ccc(NC(=O)C=Cc2cccc([N+](=O)[O-])c2)cc1. The number of hydrogen-bond acceptors (Lipinski definition) is 4. The lowest BCUT2D eigenvalue weighted by Gasteiger charge is -2.01. The van der Waals surface area contributed by atoms with Gasteiger partial charge < -0.3 is 5.32 Å². The summed E-state index contributed by atoms with van der Waals surface area (Å²) in [7, 11) is 0. The number of anilines is 1. The summed E-state index contributed by atoms with van der Waals surface area (Å²) < 4.78 is 0. The summed E-state index contributed by atoms with van der Waals surface area (Å²) in [5, 5.41) is 22.0. The van der Waals surface area contributed by atoms with Gasteiger partial charge in [0.15, 0.2) is 0 Å². The van der Waals surface area contributed by atoms with Crippen LogP contribution in [-0.2, 0) is 4.79 Å². The first-order chi connectivity index (χ1) is 10.6. The zero-order chi connectivity index (χ0) is 15.9. The number of nitro groups is 1. The number of carbonyl (C=O) groups excluding carboxylic acids is 1. The number of benzene rings is 2. The van der Waals surface area contributed by atoms with Crippen LogP contribution in [0.4, 0.5) is 11.4 Å². The van der Waals surface area contributed by atoms with E-state index in [1.54, 1.807) is 36.4 Å². The Balaban J connectivity index is 2.03. The highest BCUT2D eigenvalue weighted by molar-refractivity contribution is 6.01. The summed E-state index contributed by atoms with van der Waals surface area (Å²) >= 11 is 0. The number of nitriles is 1. The molecule has 2 aromatic carbocycles. The predicted molar refractivity (Wildman–Crippen MR) is 81.9 cm³/mol. The van der Waals surface area contributed by atoms with Crippen LogP contribution in [0.2, 0.25) is 0 Å². The molecule has 0 radical (unpaired) electrons. The van der Waals surface area contributed by atoms with E-state index in [2.05, 4.69) is 5.32 Å². The highest BCUT2D eigenvalue weighted by atomic mass is 16.6. The van der Waals surface area contributed by atoms with Crippen molar-refractivity contribution < 1.29 is 9.72 Å².